The Hall–Kier alpha value is -3.27. The summed E-state index contributed by atoms with van der Waals surface area (Å²) in [5, 5.41) is 20.6. The van der Waals surface area contributed by atoms with Gasteiger partial charge in [-0.3, -0.25) is 25.5 Å². The van der Waals surface area contributed by atoms with Crippen LogP contribution >= 0.6 is 11.6 Å². The number of nitrogens with one attached hydrogen (secondary N) is 3. The molecule has 1 aliphatic rings. The monoisotopic (exact) mass is 498 g/mol. The van der Waals surface area contributed by atoms with E-state index in [1.54, 1.807) is 31.2 Å². The minimum absolute atomic E-state index is 0.0105. The Kier molecular flexibility index (Phi) is 9.36. The number of benzene rings is 2. The van der Waals surface area contributed by atoms with Crippen molar-refractivity contribution in [2.24, 2.45) is 10.7 Å². The molecule has 0 radical (unpaired) electrons. The first-order valence-corrected chi connectivity index (χ1v) is 11.8. The van der Waals surface area contributed by atoms with Gasteiger partial charge in [-0.15, -0.1) is 0 Å². The third-order valence-electron chi connectivity index (χ3n) is 5.27. The molecular weight excluding hydrogens is 468 g/mol. The number of amides is 1. The number of anilines is 1. The van der Waals surface area contributed by atoms with Crippen LogP contribution in [0.1, 0.15) is 31.4 Å². The molecule has 10 heteroatoms. The summed E-state index contributed by atoms with van der Waals surface area (Å²) in [7, 11) is 0. The molecule has 186 valence electrons. The van der Waals surface area contributed by atoms with E-state index in [4.69, 9.17) is 42.6 Å². The van der Waals surface area contributed by atoms with E-state index in [2.05, 4.69) is 5.32 Å². The molecule has 1 amide bonds. The van der Waals surface area contributed by atoms with Crippen LogP contribution in [0.4, 0.5) is 5.69 Å². The highest BCUT2D eigenvalue weighted by atomic mass is 35.5. The molecule has 2 aromatic rings. The lowest BCUT2D eigenvalue weighted by molar-refractivity contribution is -0.121. The van der Waals surface area contributed by atoms with Crippen LogP contribution in [0.5, 0.6) is 5.75 Å². The van der Waals surface area contributed by atoms with Gasteiger partial charge in [-0.2, -0.15) is 0 Å². The van der Waals surface area contributed by atoms with E-state index in [9.17, 15) is 4.79 Å². The molecule has 0 saturated heterocycles. The minimum Gasteiger partial charge on any atom is -0.491 e. The predicted molar refractivity (Wildman–Crippen MR) is 140 cm³/mol. The van der Waals surface area contributed by atoms with Crippen molar-refractivity contribution in [1.29, 1.82) is 10.8 Å². The van der Waals surface area contributed by atoms with Crippen LogP contribution in [-0.2, 0) is 9.53 Å². The lowest BCUT2D eigenvalue weighted by Crippen LogP contribution is -2.42. The third-order valence-corrected chi connectivity index (χ3v) is 5.52. The zero-order valence-electron chi connectivity index (χ0n) is 19.9. The molecule has 0 aromatic heterocycles. The summed E-state index contributed by atoms with van der Waals surface area (Å²) < 4.78 is 11.3. The summed E-state index contributed by atoms with van der Waals surface area (Å²) in [5.41, 5.74) is 8.11. The fourth-order valence-corrected chi connectivity index (χ4v) is 3.87. The highest BCUT2D eigenvalue weighted by Gasteiger charge is 2.32. The Morgan fingerprint density at radius 3 is 2.60 bits per heavy atom. The summed E-state index contributed by atoms with van der Waals surface area (Å²) >= 11 is 6.12. The van der Waals surface area contributed by atoms with Crippen LogP contribution in [0.25, 0.3) is 0 Å². The number of carbonyl (C=O) groups is 1. The van der Waals surface area contributed by atoms with Gasteiger partial charge in [-0.1, -0.05) is 23.7 Å². The van der Waals surface area contributed by atoms with Crippen LogP contribution in [0, 0.1) is 10.8 Å². The molecule has 9 nitrogen and oxygen atoms in total. The van der Waals surface area contributed by atoms with Crippen molar-refractivity contribution in [3.63, 3.8) is 0 Å². The smallest absolute Gasteiger partial charge is 0.222 e. The second-order valence-corrected chi connectivity index (χ2v) is 8.33. The van der Waals surface area contributed by atoms with Crippen molar-refractivity contribution in [3.8, 4) is 5.75 Å². The van der Waals surface area contributed by atoms with Crippen LogP contribution in [-0.4, -0.2) is 62.2 Å². The zero-order chi connectivity index (χ0) is 25.4. The molecule has 2 aromatic carbocycles. The Labute approximate surface area is 210 Å². The quantitative estimate of drug-likeness (QED) is 0.226. The topological polar surface area (TPSA) is 137 Å². The summed E-state index contributed by atoms with van der Waals surface area (Å²) in [6.45, 7) is 5.58. The molecule has 1 unspecified atom stereocenters. The number of hydrogen-bond donors (Lipinski definition) is 4. The van der Waals surface area contributed by atoms with E-state index in [-0.39, 0.29) is 24.0 Å². The zero-order valence-corrected chi connectivity index (χ0v) is 20.7. The fraction of sp³-hybridized carbons (Fsp3) is 0.360. The van der Waals surface area contributed by atoms with Gasteiger partial charge >= 0.3 is 0 Å². The number of nitrogens with two attached hydrogens (primary N) is 1. The summed E-state index contributed by atoms with van der Waals surface area (Å²) in [5.74, 6) is 0.584. The number of rotatable bonds is 10. The number of hydrogen-bond acceptors (Lipinski definition) is 7. The number of ether oxygens (including phenoxy) is 2. The van der Waals surface area contributed by atoms with Gasteiger partial charge in [0.15, 0.2) is 0 Å². The van der Waals surface area contributed by atoms with E-state index < -0.39 is 6.04 Å². The van der Waals surface area contributed by atoms with Crippen LogP contribution in [0.3, 0.4) is 0 Å². The second-order valence-electron chi connectivity index (χ2n) is 7.89. The molecule has 3 rings (SSSR count). The molecule has 5 N–H and O–H groups in total. The number of fused-ring (bicyclic) bond motifs is 1. The largest absolute Gasteiger partial charge is 0.491 e. The molecule has 0 bridgehead atoms. The van der Waals surface area contributed by atoms with Crippen molar-refractivity contribution in [1.82, 2.24) is 5.32 Å². The van der Waals surface area contributed by atoms with Crippen LogP contribution in [0.2, 0.25) is 5.02 Å². The number of amidine groups is 2. The molecule has 0 spiro atoms. The van der Waals surface area contributed by atoms with Crippen LogP contribution < -0.4 is 20.7 Å². The van der Waals surface area contributed by atoms with E-state index in [0.717, 1.165) is 5.56 Å². The van der Waals surface area contributed by atoms with E-state index in [0.29, 0.717) is 60.6 Å². The van der Waals surface area contributed by atoms with Gasteiger partial charge in [0.1, 0.15) is 30.1 Å². The van der Waals surface area contributed by atoms with Gasteiger partial charge in [0.2, 0.25) is 5.91 Å². The predicted octanol–water partition coefficient (Wildman–Crippen LogP) is 3.22. The van der Waals surface area contributed by atoms with Gasteiger partial charge in [-0.25, -0.2) is 0 Å². The van der Waals surface area contributed by atoms with Crippen molar-refractivity contribution >= 4 is 40.6 Å². The average Bonchev–Trinajstić information content (AvgIpc) is 2.94. The minimum atomic E-state index is -0.783. The van der Waals surface area contributed by atoms with Crippen molar-refractivity contribution in [2.45, 2.75) is 26.3 Å². The maximum absolute atomic E-state index is 12.4. The number of benzodiazepines with no additional fused rings is 1. The third kappa shape index (κ3) is 6.66. The Morgan fingerprint density at radius 1 is 1.20 bits per heavy atom. The van der Waals surface area contributed by atoms with E-state index in [1.807, 2.05) is 25.1 Å². The first kappa shape index (κ1) is 26.3. The van der Waals surface area contributed by atoms with Gasteiger partial charge < -0.3 is 20.5 Å². The molecule has 1 atom stereocenters. The maximum Gasteiger partial charge on any atom is 0.222 e. The Morgan fingerprint density at radius 2 is 1.94 bits per heavy atom. The Bertz CT molecular complexity index is 1100. The lowest BCUT2D eigenvalue weighted by Gasteiger charge is -2.26. The van der Waals surface area contributed by atoms with E-state index >= 15 is 0 Å². The van der Waals surface area contributed by atoms with Gasteiger partial charge in [0.25, 0.3) is 0 Å². The highest BCUT2D eigenvalue weighted by molar-refractivity contribution is 6.31. The number of carbonyl (C=O) groups excluding carboxylic acids is 1. The van der Waals surface area contributed by atoms with Crippen molar-refractivity contribution in [3.05, 3.63) is 58.6 Å². The summed E-state index contributed by atoms with van der Waals surface area (Å²) in [4.78, 5) is 18.8. The highest BCUT2D eigenvalue weighted by Crippen LogP contribution is 2.33. The SMILES string of the molecule is CCNC(=O)CC1N=C(c2ccc(Cl)cc2)c2cc(OCCOCCN)ccc2N(C(C)=N)C1=N. The first-order chi connectivity index (χ1) is 16.8. The molecule has 1 aliphatic heterocycles. The molecule has 0 saturated carbocycles. The van der Waals surface area contributed by atoms with Crippen molar-refractivity contribution in [2.75, 3.05) is 37.8 Å². The lowest BCUT2D eigenvalue weighted by atomic mass is 9.99. The van der Waals surface area contributed by atoms with Gasteiger partial charge in [0, 0.05) is 29.2 Å². The molecule has 0 fully saturated rings. The fourth-order valence-electron chi connectivity index (χ4n) is 3.75. The Balaban J connectivity index is 2.09. The second kappa shape index (κ2) is 12.4. The molecule has 35 heavy (non-hydrogen) atoms. The number of aliphatic imine (C=N–C) groups is 1. The van der Waals surface area contributed by atoms with Crippen LogP contribution in [0.15, 0.2) is 47.5 Å². The number of nitrogens with zero attached hydrogens (tertiary/aromatic N) is 2. The maximum atomic E-state index is 12.4. The summed E-state index contributed by atoms with van der Waals surface area (Å²) in [6.07, 6.45) is -0.0105. The van der Waals surface area contributed by atoms with E-state index in [1.165, 1.54) is 4.90 Å². The normalized spacial score (nSPS) is 15.2. The molecular formula is C25H31ClN6O3. The van der Waals surface area contributed by atoms with Crippen molar-refractivity contribution < 1.29 is 14.3 Å². The first-order valence-electron chi connectivity index (χ1n) is 11.4. The van der Waals surface area contributed by atoms with Gasteiger partial charge in [-0.05, 0) is 44.2 Å². The standard InChI is InChI=1S/C25H31ClN6O3/c1-3-30-23(33)15-21-25(29)32(16(2)28)22-9-8-19(35-13-12-34-11-10-27)14-20(22)24(31-21)17-4-6-18(26)7-5-17/h4-9,14,21,28-29H,3,10-13,15,27H2,1-2H3,(H,30,33). The number of halogens is 1. The summed E-state index contributed by atoms with van der Waals surface area (Å²) in [6, 6.07) is 11.9. The van der Waals surface area contributed by atoms with Gasteiger partial charge in [0.05, 0.1) is 31.0 Å². The molecule has 1 heterocycles. The molecule has 0 aliphatic carbocycles. The average molecular weight is 499 g/mol.